The van der Waals surface area contributed by atoms with Crippen molar-refractivity contribution in [3.63, 3.8) is 0 Å². The zero-order valence-corrected chi connectivity index (χ0v) is 15.4. The number of nitrogens with one attached hydrogen (secondary N) is 2. The third-order valence-corrected chi connectivity index (χ3v) is 4.56. The number of hydrogen-bond donors (Lipinski definition) is 4. The molecule has 0 bridgehead atoms. The molecule has 0 spiro atoms. The van der Waals surface area contributed by atoms with Gasteiger partial charge in [-0.15, -0.1) is 12.4 Å². The molecule has 1 fully saturated rings. The van der Waals surface area contributed by atoms with Crippen molar-refractivity contribution in [3.05, 3.63) is 29.8 Å². The molecule has 0 amide bonds. The van der Waals surface area contributed by atoms with Crippen molar-refractivity contribution < 1.29 is 20.5 Å². The molecule has 0 aromatic heterocycles. The zero-order chi connectivity index (χ0) is 16.5. The number of aromatic hydroxyl groups is 1. The predicted octanol–water partition coefficient (Wildman–Crippen LogP) is 1.74. The average molecular weight is 375 g/mol. The van der Waals surface area contributed by atoms with Crippen molar-refractivity contribution in [2.75, 3.05) is 19.6 Å². The zero-order valence-electron chi connectivity index (χ0n) is 14.5. The first kappa shape index (κ1) is 23.7. The van der Waals surface area contributed by atoms with E-state index in [1.54, 1.807) is 24.3 Å². The SMILES string of the molecule is Cl.O.O=C(O)C(Cc1ccc(O)cc1)NCCCCC1CCNCC1. The number of benzene rings is 1. The fourth-order valence-corrected chi connectivity index (χ4v) is 3.12. The maximum Gasteiger partial charge on any atom is 0.321 e. The largest absolute Gasteiger partial charge is 0.508 e. The fraction of sp³-hybridized carbons (Fsp3) is 0.611. The second-order valence-corrected chi connectivity index (χ2v) is 6.40. The minimum atomic E-state index is -0.823. The molecule has 25 heavy (non-hydrogen) atoms. The van der Waals surface area contributed by atoms with E-state index in [1.807, 2.05) is 0 Å². The average Bonchev–Trinajstić information content (AvgIpc) is 2.56. The molecule has 6 N–H and O–H groups in total. The van der Waals surface area contributed by atoms with Crippen LogP contribution >= 0.6 is 12.4 Å². The van der Waals surface area contributed by atoms with Crippen LogP contribution in [0.1, 0.15) is 37.7 Å². The van der Waals surface area contributed by atoms with Crippen molar-refractivity contribution in [2.45, 2.75) is 44.6 Å². The minimum Gasteiger partial charge on any atom is -0.508 e. The number of hydrogen-bond acceptors (Lipinski definition) is 4. The first-order valence-corrected chi connectivity index (χ1v) is 8.60. The molecular formula is C18H31ClN2O4. The van der Waals surface area contributed by atoms with Crippen molar-refractivity contribution in [2.24, 2.45) is 5.92 Å². The van der Waals surface area contributed by atoms with Gasteiger partial charge < -0.3 is 26.3 Å². The monoisotopic (exact) mass is 374 g/mol. The standard InChI is InChI=1S/C18H28N2O3.ClH.H2O/c21-16-6-4-15(5-7-16)13-17(18(22)23)20-10-2-1-3-14-8-11-19-12-9-14;;/h4-7,14,17,19-21H,1-3,8-13H2,(H,22,23);1H;1H2. The molecule has 144 valence electrons. The number of halogens is 1. The summed E-state index contributed by atoms with van der Waals surface area (Å²) in [5.74, 6) is 0.214. The van der Waals surface area contributed by atoms with Gasteiger partial charge in [-0.05, 0) is 68.9 Å². The van der Waals surface area contributed by atoms with E-state index in [4.69, 9.17) is 0 Å². The van der Waals surface area contributed by atoms with E-state index < -0.39 is 12.0 Å². The van der Waals surface area contributed by atoms with Crippen LogP contribution < -0.4 is 10.6 Å². The lowest BCUT2D eigenvalue weighted by molar-refractivity contribution is -0.139. The van der Waals surface area contributed by atoms with Gasteiger partial charge in [-0.2, -0.15) is 0 Å². The molecule has 1 saturated heterocycles. The lowest BCUT2D eigenvalue weighted by Gasteiger charge is -2.22. The highest BCUT2D eigenvalue weighted by atomic mass is 35.5. The normalized spacial score (nSPS) is 15.7. The molecule has 0 radical (unpaired) electrons. The van der Waals surface area contributed by atoms with Gasteiger partial charge in [-0.25, -0.2) is 0 Å². The van der Waals surface area contributed by atoms with E-state index >= 15 is 0 Å². The van der Waals surface area contributed by atoms with E-state index in [1.165, 1.54) is 19.3 Å². The number of aliphatic carboxylic acids is 1. The first-order valence-electron chi connectivity index (χ1n) is 8.60. The summed E-state index contributed by atoms with van der Waals surface area (Å²) in [6, 6.07) is 6.15. The Bertz CT molecular complexity index is 478. The molecular weight excluding hydrogens is 344 g/mol. The van der Waals surface area contributed by atoms with Crippen LogP contribution in [-0.2, 0) is 11.2 Å². The van der Waals surface area contributed by atoms with Gasteiger partial charge in [0.15, 0.2) is 0 Å². The number of rotatable bonds is 9. The molecule has 1 aliphatic heterocycles. The number of phenols is 1. The van der Waals surface area contributed by atoms with Crippen LogP contribution in [0.25, 0.3) is 0 Å². The Kier molecular flexibility index (Phi) is 12.2. The highest BCUT2D eigenvalue weighted by molar-refractivity contribution is 5.85. The van der Waals surface area contributed by atoms with E-state index in [-0.39, 0.29) is 23.6 Å². The van der Waals surface area contributed by atoms with Gasteiger partial charge in [0.2, 0.25) is 0 Å². The number of carboxylic acid groups (broad SMARTS) is 1. The summed E-state index contributed by atoms with van der Waals surface area (Å²) in [5, 5.41) is 25.1. The van der Waals surface area contributed by atoms with Crippen LogP contribution in [0, 0.1) is 5.92 Å². The number of carbonyl (C=O) groups is 1. The molecule has 1 unspecified atom stereocenters. The summed E-state index contributed by atoms with van der Waals surface area (Å²) in [4.78, 5) is 11.4. The molecule has 6 nitrogen and oxygen atoms in total. The Morgan fingerprint density at radius 2 is 1.84 bits per heavy atom. The smallest absolute Gasteiger partial charge is 0.321 e. The Labute approximate surface area is 155 Å². The van der Waals surface area contributed by atoms with Crippen molar-refractivity contribution in [3.8, 4) is 5.75 Å². The van der Waals surface area contributed by atoms with E-state index in [0.29, 0.717) is 6.42 Å². The van der Waals surface area contributed by atoms with Gasteiger partial charge in [-0.3, -0.25) is 4.79 Å². The number of carboxylic acids is 1. The number of unbranched alkanes of at least 4 members (excludes halogenated alkanes) is 1. The van der Waals surface area contributed by atoms with Gasteiger partial charge in [0.25, 0.3) is 0 Å². The van der Waals surface area contributed by atoms with Crippen LogP contribution in [0.2, 0.25) is 0 Å². The van der Waals surface area contributed by atoms with Crippen LogP contribution in [0.4, 0.5) is 0 Å². The predicted molar refractivity (Wildman–Crippen MR) is 102 cm³/mol. The van der Waals surface area contributed by atoms with Gasteiger partial charge in [0, 0.05) is 0 Å². The van der Waals surface area contributed by atoms with E-state index in [0.717, 1.165) is 44.0 Å². The van der Waals surface area contributed by atoms with E-state index in [9.17, 15) is 15.0 Å². The highest BCUT2D eigenvalue weighted by Gasteiger charge is 2.17. The molecule has 0 saturated carbocycles. The molecule has 1 aromatic carbocycles. The molecule has 1 aliphatic rings. The maximum atomic E-state index is 11.4. The quantitative estimate of drug-likeness (QED) is 0.492. The van der Waals surface area contributed by atoms with E-state index in [2.05, 4.69) is 10.6 Å². The summed E-state index contributed by atoms with van der Waals surface area (Å²) in [6.07, 6.45) is 6.40. The van der Waals surface area contributed by atoms with Gasteiger partial charge in [0.05, 0.1) is 0 Å². The Hall–Kier alpha value is -1.34. The second-order valence-electron chi connectivity index (χ2n) is 6.40. The number of phenolic OH excluding ortho intramolecular Hbond substituents is 1. The lowest BCUT2D eigenvalue weighted by Crippen LogP contribution is -2.39. The maximum absolute atomic E-state index is 11.4. The lowest BCUT2D eigenvalue weighted by atomic mass is 9.92. The van der Waals surface area contributed by atoms with Crippen LogP contribution in [0.3, 0.4) is 0 Å². The topological polar surface area (TPSA) is 113 Å². The third-order valence-electron chi connectivity index (χ3n) is 4.56. The first-order chi connectivity index (χ1) is 11.1. The van der Waals surface area contributed by atoms with Crippen molar-refractivity contribution in [1.82, 2.24) is 10.6 Å². The molecule has 1 atom stereocenters. The third kappa shape index (κ3) is 9.07. The summed E-state index contributed by atoms with van der Waals surface area (Å²) in [7, 11) is 0. The fourth-order valence-electron chi connectivity index (χ4n) is 3.12. The van der Waals surface area contributed by atoms with Crippen LogP contribution in [-0.4, -0.2) is 47.3 Å². The molecule has 1 aromatic rings. The summed E-state index contributed by atoms with van der Waals surface area (Å²) in [5.41, 5.74) is 0.914. The molecule has 2 rings (SSSR count). The molecule has 0 aliphatic carbocycles. The summed E-state index contributed by atoms with van der Waals surface area (Å²) < 4.78 is 0. The van der Waals surface area contributed by atoms with Crippen molar-refractivity contribution in [1.29, 1.82) is 0 Å². The Morgan fingerprint density at radius 1 is 1.20 bits per heavy atom. The summed E-state index contributed by atoms with van der Waals surface area (Å²) in [6.45, 7) is 3.01. The highest BCUT2D eigenvalue weighted by Crippen LogP contribution is 2.18. The Balaban J connectivity index is 0.00000288. The van der Waals surface area contributed by atoms with Gasteiger partial charge in [-0.1, -0.05) is 25.0 Å². The van der Waals surface area contributed by atoms with Crippen LogP contribution in [0.15, 0.2) is 24.3 Å². The van der Waals surface area contributed by atoms with Gasteiger partial charge >= 0.3 is 5.97 Å². The van der Waals surface area contributed by atoms with Gasteiger partial charge in [0.1, 0.15) is 11.8 Å². The molecule has 1 heterocycles. The van der Waals surface area contributed by atoms with Crippen LogP contribution in [0.5, 0.6) is 5.75 Å². The Morgan fingerprint density at radius 3 is 2.44 bits per heavy atom. The second kappa shape index (κ2) is 12.9. The molecule has 7 heteroatoms. The number of piperidine rings is 1. The minimum absolute atomic E-state index is 0. The summed E-state index contributed by atoms with van der Waals surface area (Å²) >= 11 is 0. The van der Waals surface area contributed by atoms with Crippen molar-refractivity contribution >= 4 is 18.4 Å².